The predicted molar refractivity (Wildman–Crippen MR) is 81.8 cm³/mol. The van der Waals surface area contributed by atoms with E-state index in [1.807, 2.05) is 0 Å². The van der Waals surface area contributed by atoms with Gasteiger partial charge < -0.3 is 14.2 Å². The fourth-order valence-electron chi connectivity index (χ4n) is 1.78. The van der Waals surface area contributed by atoms with Gasteiger partial charge in [-0.05, 0) is 0 Å². The van der Waals surface area contributed by atoms with E-state index in [4.69, 9.17) is 14.2 Å². The number of hydrogen-bond donors (Lipinski definition) is 2. The van der Waals surface area contributed by atoms with Crippen molar-refractivity contribution in [2.45, 2.75) is 12.3 Å². The van der Waals surface area contributed by atoms with Gasteiger partial charge in [0.2, 0.25) is 10.0 Å². The van der Waals surface area contributed by atoms with Gasteiger partial charge >= 0.3 is 5.69 Å². The summed E-state index contributed by atoms with van der Waals surface area (Å²) in [4.78, 5) is 25.1. The number of H-pyrrole nitrogens is 1. The summed E-state index contributed by atoms with van der Waals surface area (Å²) in [5, 5.41) is 0. The Kier molecular flexibility index (Phi) is 7.58. The lowest BCUT2D eigenvalue weighted by Crippen LogP contribution is -2.41. The normalized spacial score (nSPS) is 14.6. The number of hydrogen-bond acceptors (Lipinski definition) is 7. The number of methoxy groups -OCH3 is 2. The predicted octanol–water partition coefficient (Wildman–Crippen LogP) is -1.74. The van der Waals surface area contributed by atoms with Crippen molar-refractivity contribution in [1.82, 2.24) is 14.3 Å². The van der Waals surface area contributed by atoms with Crippen LogP contribution < -0.4 is 16.0 Å². The minimum absolute atomic E-state index is 0.0189. The minimum Gasteiger partial charge on any atom is -0.382 e. The Balaban J connectivity index is 2.93. The molecule has 0 aromatic carbocycles. The standard InChI is InChI=1S/C12H21N3O7S/c1-20-7-9(6-13-23(3,18)19)22-11(8-21-2)15-5-4-10(16)14-12(15)17/h4-5,9,11,13H,6-8H2,1-3H3,(H,14,16,17)/t9-,11-/m1/s1. The molecule has 0 aliphatic rings. The van der Waals surface area contributed by atoms with Gasteiger partial charge in [0.05, 0.1) is 25.6 Å². The van der Waals surface area contributed by atoms with E-state index in [1.54, 1.807) is 0 Å². The van der Waals surface area contributed by atoms with Gasteiger partial charge in [-0.3, -0.25) is 14.3 Å². The van der Waals surface area contributed by atoms with Crippen LogP contribution in [0.3, 0.4) is 0 Å². The van der Waals surface area contributed by atoms with Crippen molar-refractivity contribution in [1.29, 1.82) is 0 Å². The van der Waals surface area contributed by atoms with Gasteiger partial charge in [0.25, 0.3) is 5.56 Å². The minimum atomic E-state index is -3.40. The maximum Gasteiger partial charge on any atom is 0.330 e. The molecular formula is C12H21N3O7S. The molecule has 10 nitrogen and oxygen atoms in total. The number of ether oxygens (including phenoxy) is 3. The summed E-state index contributed by atoms with van der Waals surface area (Å²) < 4.78 is 41.5. The highest BCUT2D eigenvalue weighted by Gasteiger charge is 2.20. The summed E-state index contributed by atoms with van der Waals surface area (Å²) in [7, 11) is -0.534. The molecule has 1 rings (SSSR count). The first kappa shape index (κ1) is 19.5. The highest BCUT2D eigenvalue weighted by atomic mass is 32.2. The molecule has 0 fully saturated rings. The van der Waals surface area contributed by atoms with Crippen LogP contribution >= 0.6 is 0 Å². The van der Waals surface area contributed by atoms with Gasteiger partial charge in [-0.2, -0.15) is 0 Å². The lowest BCUT2D eigenvalue weighted by molar-refractivity contribution is -0.106. The second kappa shape index (κ2) is 8.93. The van der Waals surface area contributed by atoms with Crippen molar-refractivity contribution < 1.29 is 22.6 Å². The van der Waals surface area contributed by atoms with Crippen molar-refractivity contribution >= 4 is 10.0 Å². The van der Waals surface area contributed by atoms with Crippen LogP contribution in [-0.4, -0.2) is 64.3 Å². The van der Waals surface area contributed by atoms with Crippen LogP contribution in [0.2, 0.25) is 0 Å². The Labute approximate surface area is 133 Å². The molecule has 0 saturated carbocycles. The molecule has 11 heteroatoms. The molecule has 132 valence electrons. The van der Waals surface area contributed by atoms with Gasteiger partial charge in [-0.25, -0.2) is 17.9 Å². The third-order valence-electron chi connectivity index (χ3n) is 2.75. The number of rotatable bonds is 10. The molecule has 0 bridgehead atoms. The largest absolute Gasteiger partial charge is 0.382 e. The molecule has 1 heterocycles. The zero-order valence-electron chi connectivity index (χ0n) is 13.1. The lowest BCUT2D eigenvalue weighted by atomic mass is 10.4. The average Bonchev–Trinajstić information content (AvgIpc) is 2.44. The molecule has 0 aliphatic heterocycles. The second-order valence-electron chi connectivity index (χ2n) is 4.76. The van der Waals surface area contributed by atoms with Crippen molar-refractivity contribution in [3.63, 3.8) is 0 Å². The van der Waals surface area contributed by atoms with Crippen LogP contribution in [0.25, 0.3) is 0 Å². The maximum atomic E-state index is 11.8. The summed E-state index contributed by atoms with van der Waals surface area (Å²) in [6.07, 6.45) is 0.786. The van der Waals surface area contributed by atoms with E-state index in [1.165, 1.54) is 26.5 Å². The van der Waals surface area contributed by atoms with Gasteiger partial charge in [-0.15, -0.1) is 0 Å². The number of nitrogens with one attached hydrogen (secondary N) is 2. The number of sulfonamides is 1. The first-order valence-electron chi connectivity index (χ1n) is 6.66. The third kappa shape index (κ3) is 7.05. The van der Waals surface area contributed by atoms with Gasteiger partial charge in [0.15, 0.2) is 6.23 Å². The number of nitrogens with zero attached hydrogens (tertiary/aromatic N) is 1. The Morgan fingerprint density at radius 1 is 1.26 bits per heavy atom. The molecular weight excluding hydrogens is 330 g/mol. The van der Waals surface area contributed by atoms with E-state index in [9.17, 15) is 18.0 Å². The maximum absolute atomic E-state index is 11.8. The molecule has 0 amide bonds. The van der Waals surface area contributed by atoms with Gasteiger partial charge in [0, 0.05) is 33.0 Å². The fraction of sp³-hybridized carbons (Fsp3) is 0.667. The van der Waals surface area contributed by atoms with Crippen LogP contribution in [0, 0.1) is 0 Å². The number of aromatic amines is 1. The van der Waals surface area contributed by atoms with Gasteiger partial charge in [-0.1, -0.05) is 0 Å². The molecule has 23 heavy (non-hydrogen) atoms. The van der Waals surface area contributed by atoms with Crippen LogP contribution in [0.15, 0.2) is 21.9 Å². The smallest absolute Gasteiger partial charge is 0.330 e. The fourth-order valence-corrected chi connectivity index (χ4v) is 2.27. The second-order valence-corrected chi connectivity index (χ2v) is 6.59. The first-order chi connectivity index (χ1) is 10.8. The summed E-state index contributed by atoms with van der Waals surface area (Å²) in [5.41, 5.74) is -1.19. The topological polar surface area (TPSA) is 129 Å². The van der Waals surface area contributed by atoms with E-state index in [2.05, 4.69) is 9.71 Å². The van der Waals surface area contributed by atoms with Gasteiger partial charge in [0.1, 0.15) is 0 Å². The summed E-state index contributed by atoms with van der Waals surface area (Å²) >= 11 is 0. The van der Waals surface area contributed by atoms with Crippen LogP contribution in [0.1, 0.15) is 6.23 Å². The zero-order valence-corrected chi connectivity index (χ0v) is 14.0. The molecule has 2 atom stereocenters. The van der Waals surface area contributed by atoms with E-state index in [0.29, 0.717) is 0 Å². The SMILES string of the molecule is COC[C@@H](CNS(C)(=O)=O)O[C@H](COC)n1ccc(=O)[nH]c1=O. The molecule has 0 aliphatic carbocycles. The quantitative estimate of drug-likeness (QED) is 0.512. The van der Waals surface area contributed by atoms with Crippen molar-refractivity contribution in [2.24, 2.45) is 0 Å². The van der Waals surface area contributed by atoms with E-state index in [-0.39, 0.29) is 19.8 Å². The lowest BCUT2D eigenvalue weighted by Gasteiger charge is -2.25. The summed E-state index contributed by atoms with van der Waals surface area (Å²) in [6.45, 7) is 0.0802. The molecule has 0 spiro atoms. The van der Waals surface area contributed by atoms with Crippen LogP contribution in [0.5, 0.6) is 0 Å². The monoisotopic (exact) mass is 351 g/mol. The number of aromatic nitrogens is 2. The highest BCUT2D eigenvalue weighted by molar-refractivity contribution is 7.88. The Bertz CT molecular complexity index is 697. The zero-order chi connectivity index (χ0) is 17.5. The summed E-state index contributed by atoms with van der Waals surface area (Å²) in [5.74, 6) is 0. The molecule has 0 radical (unpaired) electrons. The molecule has 1 aromatic heterocycles. The van der Waals surface area contributed by atoms with Crippen molar-refractivity contribution in [2.75, 3.05) is 40.2 Å². The highest BCUT2D eigenvalue weighted by Crippen LogP contribution is 2.10. The first-order valence-corrected chi connectivity index (χ1v) is 8.55. The van der Waals surface area contributed by atoms with Crippen LogP contribution in [0.4, 0.5) is 0 Å². The molecule has 0 saturated heterocycles. The molecule has 0 unspecified atom stereocenters. The third-order valence-corrected chi connectivity index (χ3v) is 3.44. The van der Waals surface area contributed by atoms with E-state index < -0.39 is 33.6 Å². The van der Waals surface area contributed by atoms with Crippen LogP contribution in [-0.2, 0) is 24.2 Å². The van der Waals surface area contributed by atoms with Crippen molar-refractivity contribution in [3.8, 4) is 0 Å². The Morgan fingerprint density at radius 2 is 1.91 bits per heavy atom. The van der Waals surface area contributed by atoms with Crippen molar-refractivity contribution in [3.05, 3.63) is 33.1 Å². The Morgan fingerprint density at radius 3 is 2.43 bits per heavy atom. The Hall–Kier alpha value is -1.53. The van der Waals surface area contributed by atoms with E-state index >= 15 is 0 Å². The molecule has 1 aromatic rings. The molecule has 2 N–H and O–H groups in total. The van der Waals surface area contributed by atoms with E-state index in [0.717, 1.165) is 10.8 Å². The average molecular weight is 351 g/mol. The summed E-state index contributed by atoms with van der Waals surface area (Å²) in [6, 6.07) is 1.17.